The predicted molar refractivity (Wildman–Crippen MR) is 119 cm³/mol. The summed E-state index contributed by atoms with van der Waals surface area (Å²) in [7, 11) is 1.66. The average molecular weight is 421 g/mol. The normalized spacial score (nSPS) is 15.4. The Balaban J connectivity index is 1.46. The Labute approximate surface area is 182 Å². The van der Waals surface area contributed by atoms with Gasteiger partial charge in [-0.3, -0.25) is 14.8 Å². The van der Waals surface area contributed by atoms with E-state index in [4.69, 9.17) is 9.47 Å². The van der Waals surface area contributed by atoms with Crippen molar-refractivity contribution in [2.24, 2.45) is 0 Å². The standard InChI is InChI=1S/C24H28N4O3/c1-17-3-5-18(6-4-17)21-15-22(27-26-21)24(29)25-16-23(28-11-13-31-14-12-28)19-7-9-20(30-2)10-8-19/h3-10,15,23H,11-14,16H2,1-2H3,(H,25,29)(H,26,27)/t23-/m0/s1. The number of H-pyrrole nitrogens is 1. The molecule has 1 saturated heterocycles. The number of ether oxygens (including phenoxy) is 2. The molecule has 0 bridgehead atoms. The lowest BCUT2D eigenvalue weighted by atomic mass is 10.0. The molecule has 4 rings (SSSR count). The van der Waals surface area contributed by atoms with E-state index in [0.29, 0.717) is 25.5 Å². The van der Waals surface area contributed by atoms with Crippen LogP contribution in [-0.2, 0) is 4.74 Å². The Hall–Kier alpha value is -3.16. The summed E-state index contributed by atoms with van der Waals surface area (Å²) in [5, 5.41) is 10.2. The highest BCUT2D eigenvalue weighted by molar-refractivity contribution is 5.93. The van der Waals surface area contributed by atoms with Crippen molar-refractivity contribution in [3.05, 3.63) is 71.4 Å². The maximum atomic E-state index is 12.8. The fourth-order valence-corrected chi connectivity index (χ4v) is 3.77. The molecule has 1 atom stereocenters. The Morgan fingerprint density at radius 2 is 1.87 bits per heavy atom. The van der Waals surface area contributed by atoms with Crippen LogP contribution in [0.3, 0.4) is 0 Å². The number of aromatic amines is 1. The summed E-state index contributed by atoms with van der Waals surface area (Å²) in [6.07, 6.45) is 0. The van der Waals surface area contributed by atoms with Gasteiger partial charge in [0.05, 0.1) is 32.1 Å². The zero-order valence-corrected chi connectivity index (χ0v) is 17.9. The second-order valence-electron chi connectivity index (χ2n) is 7.68. The molecule has 1 aliphatic heterocycles. The molecule has 0 unspecified atom stereocenters. The number of amides is 1. The number of carbonyl (C=O) groups excluding carboxylic acids is 1. The van der Waals surface area contributed by atoms with E-state index < -0.39 is 0 Å². The molecular formula is C24H28N4O3. The maximum Gasteiger partial charge on any atom is 0.269 e. The number of nitrogens with zero attached hydrogens (tertiary/aromatic N) is 2. The topological polar surface area (TPSA) is 79.5 Å². The van der Waals surface area contributed by atoms with Crippen LogP contribution in [0.2, 0.25) is 0 Å². The number of hydrogen-bond acceptors (Lipinski definition) is 5. The number of aryl methyl sites for hydroxylation is 1. The molecule has 1 aromatic heterocycles. The molecule has 1 amide bonds. The number of nitrogens with one attached hydrogen (secondary N) is 2. The second-order valence-corrected chi connectivity index (χ2v) is 7.68. The Bertz CT molecular complexity index is 992. The molecule has 7 heteroatoms. The Kier molecular flexibility index (Phi) is 6.64. The summed E-state index contributed by atoms with van der Waals surface area (Å²) in [6.45, 7) is 5.58. The van der Waals surface area contributed by atoms with Crippen LogP contribution in [-0.4, -0.2) is 61.0 Å². The van der Waals surface area contributed by atoms with E-state index in [1.807, 2.05) is 43.3 Å². The van der Waals surface area contributed by atoms with Crippen molar-refractivity contribution < 1.29 is 14.3 Å². The SMILES string of the molecule is COc1ccc([C@H](CNC(=O)c2cc(-c3ccc(C)cc3)n[nH]2)N2CCOCC2)cc1. The summed E-state index contributed by atoms with van der Waals surface area (Å²) >= 11 is 0. The van der Waals surface area contributed by atoms with Crippen LogP contribution in [0.15, 0.2) is 54.6 Å². The van der Waals surface area contributed by atoms with Gasteiger partial charge in [0.1, 0.15) is 11.4 Å². The van der Waals surface area contributed by atoms with Crippen LogP contribution in [0.1, 0.15) is 27.7 Å². The largest absolute Gasteiger partial charge is 0.497 e. The van der Waals surface area contributed by atoms with Gasteiger partial charge >= 0.3 is 0 Å². The molecule has 31 heavy (non-hydrogen) atoms. The van der Waals surface area contributed by atoms with Gasteiger partial charge in [-0.2, -0.15) is 5.10 Å². The molecule has 1 fully saturated rings. The van der Waals surface area contributed by atoms with Gasteiger partial charge in [0.15, 0.2) is 0 Å². The first-order chi connectivity index (χ1) is 15.1. The molecule has 0 saturated carbocycles. The third-order valence-corrected chi connectivity index (χ3v) is 5.61. The number of morpholine rings is 1. The highest BCUT2D eigenvalue weighted by Gasteiger charge is 2.24. The van der Waals surface area contributed by atoms with Crippen LogP contribution < -0.4 is 10.1 Å². The average Bonchev–Trinajstić information content (AvgIpc) is 3.31. The minimum Gasteiger partial charge on any atom is -0.497 e. The van der Waals surface area contributed by atoms with Gasteiger partial charge < -0.3 is 14.8 Å². The number of rotatable bonds is 7. The van der Waals surface area contributed by atoms with Crippen molar-refractivity contribution in [1.82, 2.24) is 20.4 Å². The molecule has 2 heterocycles. The van der Waals surface area contributed by atoms with Crippen molar-refractivity contribution in [1.29, 1.82) is 0 Å². The first kappa shape index (κ1) is 21.1. The van der Waals surface area contributed by atoms with Gasteiger partial charge in [-0.25, -0.2) is 0 Å². The zero-order valence-electron chi connectivity index (χ0n) is 17.9. The fraction of sp³-hybridized carbons (Fsp3) is 0.333. The molecule has 2 aromatic carbocycles. The summed E-state index contributed by atoms with van der Waals surface area (Å²) in [5.74, 6) is 0.646. The lowest BCUT2D eigenvalue weighted by molar-refractivity contribution is 0.0162. The number of aromatic nitrogens is 2. The van der Waals surface area contributed by atoms with Crippen LogP contribution in [0.4, 0.5) is 0 Å². The molecule has 3 aromatic rings. The zero-order chi connectivity index (χ0) is 21.6. The minimum absolute atomic E-state index is 0.0539. The van der Waals surface area contributed by atoms with E-state index in [9.17, 15) is 4.79 Å². The molecule has 2 N–H and O–H groups in total. The van der Waals surface area contributed by atoms with Gasteiger partial charge in [0, 0.05) is 25.2 Å². The quantitative estimate of drug-likeness (QED) is 0.614. The Morgan fingerprint density at radius 3 is 2.55 bits per heavy atom. The summed E-state index contributed by atoms with van der Waals surface area (Å²) in [4.78, 5) is 15.2. The molecule has 0 spiro atoms. The van der Waals surface area contributed by atoms with Gasteiger partial charge in [0.2, 0.25) is 0 Å². The summed E-state index contributed by atoms with van der Waals surface area (Å²) in [5.41, 5.74) is 4.50. The lowest BCUT2D eigenvalue weighted by Crippen LogP contribution is -2.43. The van der Waals surface area contributed by atoms with Crippen LogP contribution in [0.25, 0.3) is 11.3 Å². The molecule has 162 valence electrons. The van der Waals surface area contributed by atoms with Crippen molar-refractivity contribution in [3.63, 3.8) is 0 Å². The van der Waals surface area contributed by atoms with Crippen LogP contribution >= 0.6 is 0 Å². The number of benzene rings is 2. The molecular weight excluding hydrogens is 392 g/mol. The van der Waals surface area contributed by atoms with E-state index in [2.05, 4.69) is 32.5 Å². The van der Waals surface area contributed by atoms with E-state index in [1.54, 1.807) is 13.2 Å². The van der Waals surface area contributed by atoms with Gasteiger partial charge in [-0.05, 0) is 30.7 Å². The van der Waals surface area contributed by atoms with Gasteiger partial charge in [0.25, 0.3) is 5.91 Å². The molecule has 7 nitrogen and oxygen atoms in total. The third-order valence-electron chi connectivity index (χ3n) is 5.61. The van der Waals surface area contributed by atoms with E-state index >= 15 is 0 Å². The first-order valence-corrected chi connectivity index (χ1v) is 10.5. The Morgan fingerprint density at radius 1 is 1.16 bits per heavy atom. The summed E-state index contributed by atoms with van der Waals surface area (Å²) in [6, 6.07) is 17.9. The third kappa shape index (κ3) is 5.13. The fourth-order valence-electron chi connectivity index (χ4n) is 3.77. The van der Waals surface area contributed by atoms with E-state index in [-0.39, 0.29) is 11.9 Å². The number of hydrogen-bond donors (Lipinski definition) is 2. The highest BCUT2D eigenvalue weighted by Crippen LogP contribution is 2.24. The van der Waals surface area contributed by atoms with Crippen molar-refractivity contribution in [2.45, 2.75) is 13.0 Å². The van der Waals surface area contributed by atoms with E-state index in [1.165, 1.54) is 5.56 Å². The minimum atomic E-state index is -0.169. The summed E-state index contributed by atoms with van der Waals surface area (Å²) < 4.78 is 10.8. The van der Waals surface area contributed by atoms with Crippen LogP contribution in [0, 0.1) is 6.92 Å². The highest BCUT2D eigenvalue weighted by atomic mass is 16.5. The van der Waals surface area contributed by atoms with Crippen LogP contribution in [0.5, 0.6) is 5.75 Å². The van der Waals surface area contributed by atoms with Crippen molar-refractivity contribution >= 4 is 5.91 Å². The van der Waals surface area contributed by atoms with E-state index in [0.717, 1.165) is 35.7 Å². The number of methoxy groups -OCH3 is 1. The molecule has 0 radical (unpaired) electrons. The molecule has 1 aliphatic rings. The molecule has 0 aliphatic carbocycles. The lowest BCUT2D eigenvalue weighted by Gasteiger charge is -2.35. The van der Waals surface area contributed by atoms with Gasteiger partial charge in [-0.1, -0.05) is 42.0 Å². The van der Waals surface area contributed by atoms with Gasteiger partial charge in [-0.15, -0.1) is 0 Å². The predicted octanol–water partition coefficient (Wildman–Crippen LogP) is 3.20. The van der Waals surface area contributed by atoms with Crippen molar-refractivity contribution in [2.75, 3.05) is 40.0 Å². The maximum absolute atomic E-state index is 12.8. The smallest absolute Gasteiger partial charge is 0.269 e. The first-order valence-electron chi connectivity index (χ1n) is 10.5. The monoisotopic (exact) mass is 420 g/mol. The van der Waals surface area contributed by atoms with Crippen molar-refractivity contribution in [3.8, 4) is 17.0 Å². The second kappa shape index (κ2) is 9.76. The number of carbonyl (C=O) groups is 1.